The lowest BCUT2D eigenvalue weighted by Crippen LogP contribution is -3.15. The highest BCUT2D eigenvalue weighted by atomic mass is 19.2. The number of nitrogens with one attached hydrogen (secondary N) is 2. The Hall–Kier alpha value is -2.67. The minimum Gasteiger partial charge on any atom is -0.506 e. The molecule has 0 radical (unpaired) electrons. The third-order valence-electron chi connectivity index (χ3n) is 4.31. The Labute approximate surface area is 144 Å². The molecule has 1 fully saturated rings. The van der Waals surface area contributed by atoms with Crippen LogP contribution in [0.15, 0.2) is 42.5 Å². The van der Waals surface area contributed by atoms with Gasteiger partial charge in [-0.3, -0.25) is 4.79 Å². The second kappa shape index (κ2) is 7.48. The fraction of sp³-hybridized carbons (Fsp3) is 0.278. The molecule has 3 rings (SSSR count). The van der Waals surface area contributed by atoms with Crippen LogP contribution in [0.25, 0.3) is 0 Å². The quantitative estimate of drug-likeness (QED) is 0.773. The third kappa shape index (κ3) is 4.24. The van der Waals surface area contributed by atoms with Gasteiger partial charge < -0.3 is 20.2 Å². The minimum atomic E-state index is -0.985. The molecule has 1 aliphatic heterocycles. The van der Waals surface area contributed by atoms with Crippen molar-refractivity contribution in [3.05, 3.63) is 54.1 Å². The predicted octanol–water partition coefficient (Wildman–Crippen LogP) is 1.01. The van der Waals surface area contributed by atoms with Crippen LogP contribution in [0, 0.1) is 11.6 Å². The maximum atomic E-state index is 13.2. The van der Waals surface area contributed by atoms with Crippen LogP contribution in [0.4, 0.5) is 20.2 Å². The summed E-state index contributed by atoms with van der Waals surface area (Å²) in [5.41, 5.74) is 1.05. The number of hydrogen-bond donors (Lipinski definition) is 3. The number of halogens is 2. The lowest BCUT2D eigenvalue weighted by atomic mass is 10.2. The van der Waals surface area contributed by atoms with E-state index in [4.69, 9.17) is 0 Å². The first-order valence-electron chi connectivity index (χ1n) is 8.14. The molecule has 3 N–H and O–H groups in total. The Morgan fingerprint density at radius 3 is 2.52 bits per heavy atom. The van der Waals surface area contributed by atoms with Crippen LogP contribution in [0.3, 0.4) is 0 Å². The van der Waals surface area contributed by atoms with Gasteiger partial charge >= 0.3 is 0 Å². The maximum absolute atomic E-state index is 13.2. The largest absolute Gasteiger partial charge is 0.506 e. The van der Waals surface area contributed by atoms with E-state index in [-0.39, 0.29) is 23.9 Å². The number of rotatable bonds is 4. The summed E-state index contributed by atoms with van der Waals surface area (Å²) in [7, 11) is 0. The molecule has 0 atom stereocenters. The molecular weight excluding hydrogens is 328 g/mol. The summed E-state index contributed by atoms with van der Waals surface area (Å²) in [4.78, 5) is 15.3. The number of hydrogen-bond acceptors (Lipinski definition) is 3. The molecule has 0 aromatic heterocycles. The minimum absolute atomic E-state index is 0.239. The molecule has 0 saturated carbocycles. The Morgan fingerprint density at radius 2 is 1.84 bits per heavy atom. The van der Waals surface area contributed by atoms with E-state index in [1.807, 2.05) is 12.1 Å². The van der Waals surface area contributed by atoms with Crippen molar-refractivity contribution in [1.82, 2.24) is 0 Å². The number of phenols is 1. The Kier molecular flexibility index (Phi) is 5.14. The van der Waals surface area contributed by atoms with Gasteiger partial charge in [-0.25, -0.2) is 8.78 Å². The van der Waals surface area contributed by atoms with Gasteiger partial charge in [-0.15, -0.1) is 0 Å². The fourth-order valence-corrected chi connectivity index (χ4v) is 2.98. The van der Waals surface area contributed by atoms with Crippen molar-refractivity contribution in [3.8, 4) is 5.75 Å². The molecule has 1 saturated heterocycles. The van der Waals surface area contributed by atoms with Gasteiger partial charge in [-0.05, 0) is 24.3 Å². The average Bonchev–Trinajstić information content (AvgIpc) is 2.59. The molecule has 2 aromatic carbocycles. The van der Waals surface area contributed by atoms with E-state index in [1.54, 1.807) is 12.1 Å². The number of para-hydroxylation sites is 2. The number of nitrogens with zero attached hydrogens (tertiary/aromatic N) is 1. The normalized spacial score (nSPS) is 15.2. The van der Waals surface area contributed by atoms with Crippen LogP contribution in [0.1, 0.15) is 0 Å². The zero-order chi connectivity index (χ0) is 17.8. The van der Waals surface area contributed by atoms with Gasteiger partial charge in [0.1, 0.15) is 5.75 Å². The molecule has 25 heavy (non-hydrogen) atoms. The van der Waals surface area contributed by atoms with E-state index in [9.17, 15) is 18.7 Å². The molecule has 0 aliphatic carbocycles. The Bertz CT molecular complexity index is 762. The monoisotopic (exact) mass is 348 g/mol. The van der Waals surface area contributed by atoms with Crippen molar-refractivity contribution in [3.63, 3.8) is 0 Å². The van der Waals surface area contributed by atoms with Crippen molar-refractivity contribution in [2.75, 3.05) is 42.9 Å². The van der Waals surface area contributed by atoms with Crippen LogP contribution >= 0.6 is 0 Å². The lowest BCUT2D eigenvalue weighted by molar-refractivity contribution is -0.892. The molecule has 0 unspecified atom stereocenters. The molecule has 0 bridgehead atoms. The van der Waals surface area contributed by atoms with E-state index in [2.05, 4.69) is 10.2 Å². The van der Waals surface area contributed by atoms with E-state index in [0.29, 0.717) is 0 Å². The number of benzene rings is 2. The van der Waals surface area contributed by atoms with Crippen molar-refractivity contribution < 1.29 is 23.6 Å². The summed E-state index contributed by atoms with van der Waals surface area (Å²) in [6, 6.07) is 10.5. The SMILES string of the molecule is O=C(C[NH+]1CCN(c2ccccc2O)CC1)Nc1ccc(F)c(F)c1. The second-order valence-electron chi connectivity index (χ2n) is 6.08. The van der Waals surface area contributed by atoms with Crippen molar-refractivity contribution >= 4 is 17.3 Å². The molecule has 1 aliphatic rings. The second-order valence-corrected chi connectivity index (χ2v) is 6.08. The summed E-state index contributed by atoms with van der Waals surface area (Å²) in [6.07, 6.45) is 0. The number of amides is 1. The maximum Gasteiger partial charge on any atom is 0.279 e. The summed E-state index contributed by atoms with van der Waals surface area (Å²) in [5.74, 6) is -1.91. The van der Waals surface area contributed by atoms with Gasteiger partial charge in [0.15, 0.2) is 18.2 Å². The first kappa shape index (κ1) is 17.2. The number of aromatic hydroxyl groups is 1. The van der Waals surface area contributed by atoms with Gasteiger partial charge in [0.05, 0.1) is 31.9 Å². The van der Waals surface area contributed by atoms with Gasteiger partial charge in [0.25, 0.3) is 5.91 Å². The summed E-state index contributed by atoms with van der Waals surface area (Å²) in [5, 5.41) is 12.5. The van der Waals surface area contributed by atoms with Crippen molar-refractivity contribution in [2.45, 2.75) is 0 Å². The zero-order valence-corrected chi connectivity index (χ0v) is 13.6. The summed E-state index contributed by atoms with van der Waals surface area (Å²) in [6.45, 7) is 3.21. The smallest absolute Gasteiger partial charge is 0.279 e. The lowest BCUT2D eigenvalue weighted by Gasteiger charge is -2.33. The highest BCUT2D eigenvalue weighted by Crippen LogP contribution is 2.25. The number of piperazine rings is 1. The molecule has 5 nitrogen and oxygen atoms in total. The zero-order valence-electron chi connectivity index (χ0n) is 13.6. The number of phenolic OH excluding ortho intramolecular Hbond substituents is 1. The molecule has 1 amide bonds. The number of quaternary nitrogens is 1. The summed E-state index contributed by atoms with van der Waals surface area (Å²) >= 11 is 0. The predicted molar refractivity (Wildman–Crippen MR) is 90.9 cm³/mol. The molecular formula is C18H20F2N3O2+. The molecule has 7 heteroatoms. The fourth-order valence-electron chi connectivity index (χ4n) is 2.98. The highest BCUT2D eigenvalue weighted by Gasteiger charge is 2.23. The highest BCUT2D eigenvalue weighted by molar-refractivity contribution is 5.91. The van der Waals surface area contributed by atoms with Gasteiger partial charge in [-0.2, -0.15) is 0 Å². The summed E-state index contributed by atoms with van der Waals surface area (Å²) < 4.78 is 26.1. The molecule has 2 aromatic rings. The Morgan fingerprint density at radius 1 is 1.12 bits per heavy atom. The number of anilines is 2. The van der Waals surface area contributed by atoms with E-state index in [0.717, 1.165) is 48.9 Å². The first-order valence-corrected chi connectivity index (χ1v) is 8.14. The van der Waals surface area contributed by atoms with Gasteiger partial charge in [0.2, 0.25) is 0 Å². The van der Waals surface area contributed by atoms with Crippen molar-refractivity contribution in [1.29, 1.82) is 0 Å². The Balaban J connectivity index is 1.51. The average molecular weight is 348 g/mol. The van der Waals surface area contributed by atoms with Crippen LogP contribution < -0.4 is 15.1 Å². The van der Waals surface area contributed by atoms with Crippen LogP contribution in [0.2, 0.25) is 0 Å². The molecule has 0 spiro atoms. The standard InChI is InChI=1S/C18H19F2N3O2/c19-14-6-5-13(11-15(14)20)21-18(25)12-22-7-9-23(10-8-22)16-3-1-2-4-17(16)24/h1-6,11,24H,7-10,12H2,(H,21,25)/p+1. The van der Waals surface area contributed by atoms with Crippen molar-refractivity contribution in [2.24, 2.45) is 0 Å². The van der Waals surface area contributed by atoms with E-state index >= 15 is 0 Å². The van der Waals surface area contributed by atoms with E-state index in [1.165, 1.54) is 6.07 Å². The number of carbonyl (C=O) groups is 1. The van der Waals surface area contributed by atoms with Gasteiger partial charge in [-0.1, -0.05) is 12.1 Å². The molecule has 132 valence electrons. The third-order valence-corrected chi connectivity index (χ3v) is 4.31. The van der Waals surface area contributed by atoms with Gasteiger partial charge in [0, 0.05) is 11.8 Å². The molecule has 1 heterocycles. The number of carbonyl (C=O) groups excluding carboxylic acids is 1. The van der Waals surface area contributed by atoms with Crippen LogP contribution in [0.5, 0.6) is 5.75 Å². The first-order chi connectivity index (χ1) is 12.0. The van der Waals surface area contributed by atoms with Crippen LogP contribution in [-0.2, 0) is 4.79 Å². The topological polar surface area (TPSA) is 57.0 Å². The van der Waals surface area contributed by atoms with Crippen LogP contribution in [-0.4, -0.2) is 43.7 Å². The van der Waals surface area contributed by atoms with E-state index < -0.39 is 11.6 Å².